The fourth-order valence-corrected chi connectivity index (χ4v) is 4.41. The number of hydrogen-bond acceptors (Lipinski definition) is 8. The zero-order valence-corrected chi connectivity index (χ0v) is 22.9. The molecule has 1 fully saturated rings. The second-order valence-corrected chi connectivity index (χ2v) is 11.4. The third-order valence-corrected chi connectivity index (χ3v) is 6.48. The number of aromatic nitrogens is 5. The van der Waals surface area contributed by atoms with E-state index in [0.717, 1.165) is 30.4 Å². The van der Waals surface area contributed by atoms with Crippen LogP contribution in [0.3, 0.4) is 0 Å². The molecule has 2 amide bonds. The van der Waals surface area contributed by atoms with Crippen LogP contribution in [0.5, 0.6) is 0 Å². The van der Waals surface area contributed by atoms with E-state index < -0.39 is 28.6 Å². The zero-order chi connectivity index (χ0) is 28.4. The average molecular weight is 534 g/mol. The van der Waals surface area contributed by atoms with Crippen LogP contribution >= 0.6 is 0 Å². The maximum Gasteiger partial charge on any atom is 0.408 e. The minimum atomic E-state index is -0.676. The highest BCUT2D eigenvalue weighted by Gasteiger charge is 2.43. The number of aliphatic imine (C=N–C) groups is 1. The lowest BCUT2D eigenvalue weighted by Crippen LogP contribution is -2.48. The van der Waals surface area contributed by atoms with Crippen molar-refractivity contribution < 1.29 is 14.3 Å². The maximum atomic E-state index is 13.0. The summed E-state index contributed by atoms with van der Waals surface area (Å²) in [5.74, 6) is -0.0282. The molecule has 12 nitrogen and oxygen atoms in total. The van der Waals surface area contributed by atoms with Gasteiger partial charge in [-0.25, -0.2) is 14.8 Å². The Bertz CT molecular complexity index is 1370. The highest BCUT2D eigenvalue weighted by atomic mass is 16.6. The Morgan fingerprint density at radius 3 is 2.33 bits per heavy atom. The number of ether oxygens (including phenoxy) is 1. The normalized spacial score (nSPS) is 15.4. The number of nitrogens with two attached hydrogens (primary N) is 2. The van der Waals surface area contributed by atoms with Crippen LogP contribution in [0.15, 0.2) is 48.1 Å². The molecular weight excluding hydrogens is 498 g/mol. The molecule has 0 saturated heterocycles. The molecule has 0 aliphatic heterocycles. The topological polar surface area (TPSA) is 176 Å². The van der Waals surface area contributed by atoms with Gasteiger partial charge in [-0.3, -0.25) is 14.5 Å². The lowest BCUT2D eigenvalue weighted by molar-refractivity contribution is 0.0461. The Morgan fingerprint density at radius 1 is 1.08 bits per heavy atom. The molecule has 0 unspecified atom stereocenters. The first kappa shape index (κ1) is 27.7. The first-order chi connectivity index (χ1) is 18.3. The lowest BCUT2D eigenvalue weighted by Gasteiger charge is -2.41. The van der Waals surface area contributed by atoms with Crippen LogP contribution in [0.1, 0.15) is 69.8 Å². The number of carbonyl (C=O) groups is 2. The van der Waals surface area contributed by atoms with Crippen molar-refractivity contribution in [2.45, 2.75) is 77.0 Å². The van der Waals surface area contributed by atoms with Crippen LogP contribution in [0, 0.1) is 0 Å². The number of pyridine rings is 1. The largest absolute Gasteiger partial charge is 0.444 e. The average Bonchev–Trinajstić information content (AvgIpc) is 3.25. The van der Waals surface area contributed by atoms with Gasteiger partial charge in [0.05, 0.1) is 35.0 Å². The fourth-order valence-electron chi connectivity index (χ4n) is 4.41. The van der Waals surface area contributed by atoms with E-state index in [1.54, 1.807) is 50.2 Å². The number of alkyl carbamates (subject to hydrolysis) is 1. The van der Waals surface area contributed by atoms with E-state index in [9.17, 15) is 9.59 Å². The predicted octanol–water partition coefficient (Wildman–Crippen LogP) is 3.24. The SMILES string of the molecule is CC(C)(Cn1cc(C(=O)N=C(N)C2(c3ccc(-c4cnc(N)nc4)nc3)CCC2)cn1)NC(=O)OC(C)(C)C. The standard InChI is InChI=1S/C27H35N9O3/c1-25(2,3)39-24(38)35-26(4,5)16-36-15-18(13-33-36)21(37)34-22(28)27(9-6-10-27)19-7-8-20(30-14-19)17-11-31-23(29)32-12-17/h7-8,11-15H,6,9-10,16H2,1-5H3,(H,35,38)(H2,28,34,37)(H2,29,31,32). The van der Waals surface area contributed by atoms with Gasteiger partial charge in [0.2, 0.25) is 5.95 Å². The van der Waals surface area contributed by atoms with E-state index in [0.29, 0.717) is 17.8 Å². The van der Waals surface area contributed by atoms with Crippen molar-refractivity contribution in [2.24, 2.45) is 10.7 Å². The van der Waals surface area contributed by atoms with Crippen molar-refractivity contribution in [1.29, 1.82) is 0 Å². The molecule has 3 aromatic heterocycles. The van der Waals surface area contributed by atoms with E-state index in [4.69, 9.17) is 16.2 Å². The van der Waals surface area contributed by atoms with Crippen molar-refractivity contribution in [3.63, 3.8) is 0 Å². The molecule has 4 rings (SSSR count). The number of carbonyl (C=O) groups excluding carboxylic acids is 2. The first-order valence-corrected chi connectivity index (χ1v) is 12.7. The number of rotatable bonds is 7. The van der Waals surface area contributed by atoms with Crippen LogP contribution in [-0.4, -0.2) is 53.7 Å². The van der Waals surface area contributed by atoms with Gasteiger partial charge in [-0.2, -0.15) is 10.1 Å². The quantitative estimate of drug-likeness (QED) is 0.304. The molecule has 1 aliphatic rings. The summed E-state index contributed by atoms with van der Waals surface area (Å²) in [7, 11) is 0. The maximum absolute atomic E-state index is 13.0. The fraction of sp³-hybridized carbons (Fsp3) is 0.444. The summed E-state index contributed by atoms with van der Waals surface area (Å²) < 4.78 is 6.92. The number of anilines is 1. The minimum Gasteiger partial charge on any atom is -0.444 e. The second kappa shape index (κ2) is 10.4. The molecule has 5 N–H and O–H groups in total. The van der Waals surface area contributed by atoms with Crippen LogP contribution in [0.25, 0.3) is 11.3 Å². The molecule has 0 atom stereocenters. The van der Waals surface area contributed by atoms with E-state index >= 15 is 0 Å². The number of nitrogen functional groups attached to an aromatic ring is 1. The van der Waals surface area contributed by atoms with Gasteiger partial charge in [-0.05, 0) is 59.1 Å². The first-order valence-electron chi connectivity index (χ1n) is 12.7. The van der Waals surface area contributed by atoms with Crippen molar-refractivity contribution in [2.75, 3.05) is 5.73 Å². The Balaban J connectivity index is 1.45. The van der Waals surface area contributed by atoms with Gasteiger partial charge in [0.15, 0.2) is 0 Å². The van der Waals surface area contributed by atoms with Gasteiger partial charge in [-0.1, -0.05) is 12.5 Å². The monoisotopic (exact) mass is 533 g/mol. The molecule has 3 aromatic rings. The molecule has 1 saturated carbocycles. The predicted molar refractivity (Wildman–Crippen MR) is 147 cm³/mol. The van der Waals surface area contributed by atoms with Crippen LogP contribution in [-0.2, 0) is 16.7 Å². The van der Waals surface area contributed by atoms with Crippen LogP contribution in [0.4, 0.5) is 10.7 Å². The Morgan fingerprint density at radius 2 is 1.77 bits per heavy atom. The van der Waals surface area contributed by atoms with Crippen molar-refractivity contribution in [3.8, 4) is 11.3 Å². The Labute approximate surface area is 227 Å². The molecule has 39 heavy (non-hydrogen) atoms. The van der Waals surface area contributed by atoms with Crippen molar-refractivity contribution in [3.05, 3.63) is 54.2 Å². The van der Waals surface area contributed by atoms with Gasteiger partial charge in [-0.15, -0.1) is 0 Å². The number of nitrogens with zero attached hydrogens (tertiary/aromatic N) is 6. The van der Waals surface area contributed by atoms with E-state index in [1.165, 1.54) is 6.20 Å². The van der Waals surface area contributed by atoms with Gasteiger partial charge < -0.3 is 21.5 Å². The zero-order valence-electron chi connectivity index (χ0n) is 22.9. The van der Waals surface area contributed by atoms with Gasteiger partial charge in [0, 0.05) is 30.4 Å². The number of amidine groups is 1. The third kappa shape index (κ3) is 6.57. The Kier molecular flexibility index (Phi) is 7.40. The van der Waals surface area contributed by atoms with Gasteiger partial charge >= 0.3 is 6.09 Å². The molecule has 0 aromatic carbocycles. The summed E-state index contributed by atoms with van der Waals surface area (Å²) in [5, 5.41) is 7.10. The minimum absolute atomic E-state index is 0.198. The van der Waals surface area contributed by atoms with Crippen molar-refractivity contribution >= 4 is 23.8 Å². The molecule has 12 heteroatoms. The van der Waals surface area contributed by atoms with E-state index in [-0.39, 0.29) is 11.8 Å². The van der Waals surface area contributed by atoms with Crippen molar-refractivity contribution in [1.82, 2.24) is 30.0 Å². The number of amides is 2. The summed E-state index contributed by atoms with van der Waals surface area (Å²) in [4.78, 5) is 42.0. The van der Waals surface area contributed by atoms with Crippen LogP contribution in [0.2, 0.25) is 0 Å². The van der Waals surface area contributed by atoms with Crippen LogP contribution < -0.4 is 16.8 Å². The molecule has 1 aliphatic carbocycles. The van der Waals surface area contributed by atoms with E-state index in [1.807, 2.05) is 26.0 Å². The summed E-state index contributed by atoms with van der Waals surface area (Å²) in [5.41, 5.74) is 12.8. The second-order valence-electron chi connectivity index (χ2n) is 11.4. The molecule has 0 radical (unpaired) electrons. The summed E-state index contributed by atoms with van der Waals surface area (Å²) in [6, 6.07) is 3.82. The summed E-state index contributed by atoms with van der Waals surface area (Å²) in [6.45, 7) is 9.40. The highest BCUT2D eigenvalue weighted by molar-refractivity contribution is 6.06. The molecule has 0 bridgehead atoms. The smallest absolute Gasteiger partial charge is 0.408 e. The summed E-state index contributed by atoms with van der Waals surface area (Å²) >= 11 is 0. The molecule has 3 heterocycles. The third-order valence-electron chi connectivity index (χ3n) is 6.48. The lowest BCUT2D eigenvalue weighted by atomic mass is 9.64. The summed E-state index contributed by atoms with van der Waals surface area (Å²) in [6.07, 6.45) is 10.0. The number of hydrogen-bond donors (Lipinski definition) is 3. The molecule has 0 spiro atoms. The molecular formula is C27H35N9O3. The van der Waals surface area contributed by atoms with Gasteiger partial charge in [0.1, 0.15) is 11.4 Å². The Hall–Kier alpha value is -4.35. The van der Waals surface area contributed by atoms with Gasteiger partial charge in [0.25, 0.3) is 5.91 Å². The molecule has 206 valence electrons. The number of nitrogens with one attached hydrogen (secondary N) is 1. The van der Waals surface area contributed by atoms with E-state index in [2.05, 4.69) is 30.4 Å². The highest BCUT2D eigenvalue weighted by Crippen LogP contribution is 2.44.